The molecule has 0 bridgehead atoms. The lowest BCUT2D eigenvalue weighted by Gasteiger charge is -2.24. The van der Waals surface area contributed by atoms with Gasteiger partial charge >= 0.3 is 0 Å². The van der Waals surface area contributed by atoms with Crippen molar-refractivity contribution in [3.8, 4) is 34.4 Å². The van der Waals surface area contributed by atoms with Crippen LogP contribution in [0.25, 0.3) is 32.7 Å². The number of thiophene rings is 1. The van der Waals surface area contributed by atoms with Gasteiger partial charge in [0.15, 0.2) is 5.65 Å². The number of pyridine rings is 2. The number of hydrogen-bond donors (Lipinski definition) is 3. The molecule has 0 spiro atoms. The van der Waals surface area contributed by atoms with Gasteiger partial charge in [-0.2, -0.15) is 0 Å². The van der Waals surface area contributed by atoms with Gasteiger partial charge in [0.25, 0.3) is 0 Å². The number of hydrogen-bond acceptors (Lipinski definition) is 6. The molecule has 4 aromatic heterocycles. The summed E-state index contributed by atoms with van der Waals surface area (Å²) in [5.41, 5.74) is 13.0. The number of aryl methyl sites for hydroxylation is 1. The third-order valence-electron chi connectivity index (χ3n) is 7.49. The minimum atomic E-state index is -0.386. The van der Waals surface area contributed by atoms with Crippen LogP contribution in [-0.2, 0) is 6.42 Å². The normalized spacial score (nSPS) is 13.5. The summed E-state index contributed by atoms with van der Waals surface area (Å²) in [7, 11) is 0. The van der Waals surface area contributed by atoms with E-state index in [2.05, 4.69) is 58.8 Å². The number of terminal acetylenes is 1. The number of allylic oxidation sites excluding steroid dienone is 1. The zero-order valence-corrected chi connectivity index (χ0v) is 23.9. The van der Waals surface area contributed by atoms with Crippen molar-refractivity contribution in [2.75, 3.05) is 11.1 Å². The number of nitrogens with two attached hydrogens (primary N) is 1. The number of fused-ring (bicyclic) bond motifs is 1. The molecule has 0 atom stereocenters. The quantitative estimate of drug-likeness (QED) is 0.137. The summed E-state index contributed by atoms with van der Waals surface area (Å²) in [5.74, 6) is 0.799. The van der Waals surface area contributed by atoms with Gasteiger partial charge in [0.1, 0.15) is 11.6 Å². The van der Waals surface area contributed by atoms with E-state index in [1.165, 1.54) is 30.2 Å². The molecular formula is C33H33FN6S. The van der Waals surface area contributed by atoms with Crippen LogP contribution < -0.4 is 11.1 Å². The number of aromatic nitrogens is 4. The Bertz CT molecular complexity index is 1710. The van der Waals surface area contributed by atoms with Crippen LogP contribution in [0.1, 0.15) is 48.4 Å². The highest BCUT2D eigenvalue weighted by Gasteiger charge is 2.18. The van der Waals surface area contributed by atoms with Crippen molar-refractivity contribution in [2.45, 2.75) is 45.4 Å². The molecule has 1 aromatic carbocycles. The summed E-state index contributed by atoms with van der Waals surface area (Å²) in [6.45, 7) is 6.36. The fraction of sp³-hybridized carbons (Fsp3) is 0.242. The highest BCUT2D eigenvalue weighted by molar-refractivity contribution is 7.15. The standard InChI is InChI=1S/C31H31FN6S.C2H2/c1-18-8-9-28(39-18)24-10-11-35-31-30(24)37-29(38-31)14-21-13-25(26(32)15-27(21)33)22-12-23(17-34-16-22)36-19(2)20-6-4-3-5-7-20;1-2/h8-13,15-17,20,36H,2-7,14,33H2,1H3,(H,35,37,38);1-2H. The Hall–Kier alpha value is -4.48. The van der Waals surface area contributed by atoms with Gasteiger partial charge in [-0.05, 0) is 67.6 Å². The predicted molar refractivity (Wildman–Crippen MR) is 168 cm³/mol. The van der Waals surface area contributed by atoms with Crippen LogP contribution in [0, 0.1) is 31.5 Å². The average molecular weight is 565 g/mol. The van der Waals surface area contributed by atoms with Gasteiger partial charge < -0.3 is 16.0 Å². The van der Waals surface area contributed by atoms with E-state index < -0.39 is 0 Å². The highest BCUT2D eigenvalue weighted by atomic mass is 32.1. The molecule has 1 fully saturated rings. The van der Waals surface area contributed by atoms with Crippen LogP contribution >= 0.6 is 11.3 Å². The molecule has 0 radical (unpaired) electrons. The Morgan fingerprint density at radius 2 is 1.93 bits per heavy atom. The van der Waals surface area contributed by atoms with E-state index >= 15 is 4.39 Å². The average Bonchev–Trinajstić information content (AvgIpc) is 3.61. The van der Waals surface area contributed by atoms with Gasteiger partial charge in [-0.15, -0.1) is 24.2 Å². The minimum Gasteiger partial charge on any atom is -0.398 e. The summed E-state index contributed by atoms with van der Waals surface area (Å²) in [6.07, 6.45) is 19.7. The number of H-pyrrole nitrogens is 1. The number of imidazole rings is 1. The molecule has 8 heteroatoms. The van der Waals surface area contributed by atoms with E-state index in [9.17, 15) is 0 Å². The molecule has 1 aliphatic rings. The number of nitrogens with one attached hydrogen (secondary N) is 2. The molecule has 41 heavy (non-hydrogen) atoms. The number of benzene rings is 1. The van der Waals surface area contributed by atoms with Crippen LogP contribution in [0.15, 0.2) is 67.3 Å². The Labute approximate surface area is 244 Å². The maximum atomic E-state index is 15.2. The molecule has 0 aliphatic heterocycles. The topological polar surface area (TPSA) is 92.5 Å². The third-order valence-corrected chi connectivity index (χ3v) is 8.52. The first-order valence-electron chi connectivity index (χ1n) is 13.7. The fourth-order valence-corrected chi connectivity index (χ4v) is 6.31. The summed E-state index contributed by atoms with van der Waals surface area (Å²) >= 11 is 1.73. The second kappa shape index (κ2) is 12.4. The lowest BCUT2D eigenvalue weighted by molar-refractivity contribution is 0.405. The molecule has 0 amide bonds. The number of aromatic amines is 1. The van der Waals surface area contributed by atoms with Crippen LogP contribution in [0.3, 0.4) is 0 Å². The van der Waals surface area contributed by atoms with Crippen molar-refractivity contribution >= 4 is 33.9 Å². The summed E-state index contributed by atoms with van der Waals surface area (Å²) < 4.78 is 15.2. The van der Waals surface area contributed by atoms with Crippen molar-refractivity contribution in [3.63, 3.8) is 0 Å². The molecule has 0 unspecified atom stereocenters. The van der Waals surface area contributed by atoms with Gasteiger partial charge in [0.2, 0.25) is 0 Å². The van der Waals surface area contributed by atoms with E-state index in [0.717, 1.165) is 51.6 Å². The van der Waals surface area contributed by atoms with Crippen LogP contribution in [0.2, 0.25) is 0 Å². The van der Waals surface area contributed by atoms with Crippen molar-refractivity contribution in [2.24, 2.45) is 5.92 Å². The van der Waals surface area contributed by atoms with Crippen molar-refractivity contribution in [1.29, 1.82) is 0 Å². The molecule has 6 nitrogen and oxygen atoms in total. The van der Waals surface area contributed by atoms with Gasteiger partial charge in [0, 0.05) is 56.6 Å². The van der Waals surface area contributed by atoms with E-state index in [-0.39, 0.29) is 5.82 Å². The Morgan fingerprint density at radius 1 is 1.12 bits per heavy atom. The summed E-state index contributed by atoms with van der Waals surface area (Å²) in [6, 6.07) is 11.3. The first kappa shape index (κ1) is 28.1. The zero-order valence-electron chi connectivity index (χ0n) is 23.1. The SMILES string of the molecule is C#C.C=C(Nc1cncc(-c2cc(Cc3nc4nccc(-c5ccc(C)s5)c4[nH]3)c(N)cc2F)c1)C1CCCCC1. The minimum absolute atomic E-state index is 0.381. The molecule has 1 aliphatic carbocycles. The number of halogens is 1. The van der Waals surface area contributed by atoms with E-state index in [4.69, 9.17) is 10.7 Å². The first-order chi connectivity index (χ1) is 19.9. The van der Waals surface area contributed by atoms with E-state index in [1.807, 2.05) is 12.1 Å². The molecule has 4 heterocycles. The largest absolute Gasteiger partial charge is 0.398 e. The number of anilines is 2. The predicted octanol–water partition coefficient (Wildman–Crippen LogP) is 8.12. The molecule has 208 valence electrons. The molecule has 1 saturated carbocycles. The maximum Gasteiger partial charge on any atom is 0.178 e. The van der Waals surface area contributed by atoms with E-state index in [1.54, 1.807) is 36.0 Å². The highest BCUT2D eigenvalue weighted by Crippen LogP contribution is 2.34. The zero-order chi connectivity index (χ0) is 28.9. The fourth-order valence-electron chi connectivity index (χ4n) is 5.41. The van der Waals surface area contributed by atoms with Crippen LogP contribution in [0.5, 0.6) is 0 Å². The first-order valence-corrected chi connectivity index (χ1v) is 14.5. The second-order valence-electron chi connectivity index (χ2n) is 10.3. The van der Waals surface area contributed by atoms with Crippen molar-refractivity contribution < 1.29 is 4.39 Å². The van der Waals surface area contributed by atoms with Gasteiger partial charge in [-0.1, -0.05) is 25.8 Å². The van der Waals surface area contributed by atoms with Gasteiger partial charge in [0.05, 0.1) is 17.4 Å². The monoisotopic (exact) mass is 564 g/mol. The molecule has 5 aromatic rings. The van der Waals surface area contributed by atoms with E-state index in [0.29, 0.717) is 34.8 Å². The second-order valence-corrected chi connectivity index (χ2v) is 11.6. The molecule has 4 N–H and O–H groups in total. The molecule has 0 saturated heterocycles. The number of rotatable bonds is 7. The molecule has 6 rings (SSSR count). The van der Waals surface area contributed by atoms with Gasteiger partial charge in [-0.3, -0.25) is 4.98 Å². The van der Waals surface area contributed by atoms with Crippen LogP contribution in [-0.4, -0.2) is 19.9 Å². The number of nitrogen functional groups attached to an aromatic ring is 1. The number of nitrogens with zero attached hydrogens (tertiary/aromatic N) is 3. The summed E-state index contributed by atoms with van der Waals surface area (Å²) in [4.78, 5) is 19.4. The van der Waals surface area contributed by atoms with Crippen molar-refractivity contribution in [3.05, 3.63) is 89.3 Å². The Kier molecular flexibility index (Phi) is 8.46. The summed E-state index contributed by atoms with van der Waals surface area (Å²) in [5, 5.41) is 3.42. The van der Waals surface area contributed by atoms with Crippen LogP contribution in [0.4, 0.5) is 15.8 Å². The molecular weight excluding hydrogens is 531 g/mol. The maximum absolute atomic E-state index is 15.2. The lowest BCUT2D eigenvalue weighted by atomic mass is 9.87. The Balaban J connectivity index is 0.00000165. The lowest BCUT2D eigenvalue weighted by Crippen LogP contribution is -2.14. The third kappa shape index (κ3) is 6.16. The smallest absolute Gasteiger partial charge is 0.178 e. The Morgan fingerprint density at radius 3 is 2.68 bits per heavy atom. The van der Waals surface area contributed by atoms with Gasteiger partial charge in [-0.25, -0.2) is 14.4 Å². The van der Waals surface area contributed by atoms with Crippen molar-refractivity contribution in [1.82, 2.24) is 19.9 Å².